The van der Waals surface area contributed by atoms with E-state index in [9.17, 15) is 9.18 Å². The van der Waals surface area contributed by atoms with E-state index in [1.54, 1.807) is 12.1 Å². The summed E-state index contributed by atoms with van der Waals surface area (Å²) >= 11 is 1.92. The summed E-state index contributed by atoms with van der Waals surface area (Å²) in [4.78, 5) is 12.1. The Morgan fingerprint density at radius 2 is 1.93 bits per heavy atom. The van der Waals surface area contributed by atoms with E-state index in [2.05, 4.69) is 5.32 Å². The quantitative estimate of drug-likeness (QED) is 0.623. The number of rotatable bonds is 9. The number of hydrogen-bond acceptors (Lipinski definition) is 4. The van der Waals surface area contributed by atoms with Crippen molar-refractivity contribution in [3.8, 4) is 11.5 Å². The van der Waals surface area contributed by atoms with Crippen LogP contribution in [0.25, 0.3) is 0 Å². The Balaban J connectivity index is 1.36. The second kappa shape index (κ2) is 11.1. The molecule has 1 aliphatic rings. The number of carbonyl (C=O) groups excluding carboxylic acids is 1. The van der Waals surface area contributed by atoms with E-state index in [0.717, 1.165) is 37.4 Å². The van der Waals surface area contributed by atoms with Crippen molar-refractivity contribution in [1.29, 1.82) is 0 Å². The average Bonchev–Trinajstić information content (AvgIpc) is 2.72. The first-order chi connectivity index (χ1) is 13.7. The molecule has 4 nitrogen and oxygen atoms in total. The van der Waals surface area contributed by atoms with Gasteiger partial charge in [-0.25, -0.2) is 4.39 Å². The summed E-state index contributed by atoms with van der Waals surface area (Å²) < 4.78 is 24.1. The normalized spacial score (nSPS) is 14.6. The number of amides is 1. The highest BCUT2D eigenvalue weighted by molar-refractivity contribution is 7.99. The van der Waals surface area contributed by atoms with E-state index in [1.165, 1.54) is 12.1 Å². The van der Waals surface area contributed by atoms with Crippen LogP contribution < -0.4 is 10.1 Å². The molecule has 1 N–H and O–H groups in total. The summed E-state index contributed by atoms with van der Waals surface area (Å²) in [6.45, 7) is 2.41. The van der Waals surface area contributed by atoms with Gasteiger partial charge in [-0.2, -0.15) is 11.8 Å². The molecule has 0 saturated carbocycles. The van der Waals surface area contributed by atoms with Crippen molar-refractivity contribution < 1.29 is 18.7 Å². The molecule has 1 amide bonds. The standard InChI is InChI=1S/C22H26FNO3S/c23-18-5-7-19(8-6-18)27-20-3-1-2-17(16-20)4-9-22(25)24-12-15-28-21-10-13-26-14-11-21/h1-3,5-8,16,21H,4,9-15H2,(H,24,25). The lowest BCUT2D eigenvalue weighted by atomic mass is 10.1. The van der Waals surface area contributed by atoms with Crippen LogP contribution in [0.2, 0.25) is 0 Å². The zero-order chi connectivity index (χ0) is 19.6. The Hall–Kier alpha value is -2.05. The lowest BCUT2D eigenvalue weighted by molar-refractivity contribution is -0.120. The van der Waals surface area contributed by atoms with Crippen molar-refractivity contribution in [2.24, 2.45) is 0 Å². The Morgan fingerprint density at radius 1 is 1.14 bits per heavy atom. The van der Waals surface area contributed by atoms with Gasteiger partial charge in [0.2, 0.25) is 5.91 Å². The minimum Gasteiger partial charge on any atom is -0.457 e. The first-order valence-corrected chi connectivity index (χ1v) is 10.7. The number of halogens is 1. The van der Waals surface area contributed by atoms with Crippen LogP contribution in [-0.2, 0) is 16.0 Å². The molecule has 2 aromatic carbocycles. The van der Waals surface area contributed by atoms with Gasteiger partial charge in [0.1, 0.15) is 17.3 Å². The number of carbonyl (C=O) groups is 1. The van der Waals surface area contributed by atoms with Gasteiger partial charge in [-0.3, -0.25) is 4.79 Å². The van der Waals surface area contributed by atoms with Gasteiger partial charge in [-0.15, -0.1) is 0 Å². The fraction of sp³-hybridized carbons (Fsp3) is 0.409. The van der Waals surface area contributed by atoms with Gasteiger partial charge in [-0.1, -0.05) is 12.1 Å². The third kappa shape index (κ3) is 7.17. The van der Waals surface area contributed by atoms with E-state index in [-0.39, 0.29) is 11.7 Å². The maximum absolute atomic E-state index is 13.0. The molecule has 3 rings (SSSR count). The molecule has 0 bridgehead atoms. The summed E-state index contributed by atoms with van der Waals surface area (Å²) in [7, 11) is 0. The van der Waals surface area contributed by atoms with Crippen LogP contribution in [0.15, 0.2) is 48.5 Å². The van der Waals surface area contributed by atoms with Crippen molar-refractivity contribution in [3.63, 3.8) is 0 Å². The average molecular weight is 404 g/mol. The van der Waals surface area contributed by atoms with E-state index in [1.807, 2.05) is 36.0 Å². The number of ether oxygens (including phenoxy) is 2. The van der Waals surface area contributed by atoms with Gasteiger partial charge >= 0.3 is 0 Å². The van der Waals surface area contributed by atoms with E-state index >= 15 is 0 Å². The van der Waals surface area contributed by atoms with Gasteiger partial charge in [0.05, 0.1) is 0 Å². The van der Waals surface area contributed by atoms with Gasteiger partial charge in [-0.05, 0) is 61.2 Å². The van der Waals surface area contributed by atoms with E-state index in [4.69, 9.17) is 9.47 Å². The van der Waals surface area contributed by atoms with Crippen LogP contribution in [0.3, 0.4) is 0 Å². The first kappa shape index (κ1) is 20.7. The number of hydrogen-bond donors (Lipinski definition) is 1. The molecule has 150 valence electrons. The zero-order valence-corrected chi connectivity index (χ0v) is 16.7. The van der Waals surface area contributed by atoms with Gasteiger partial charge in [0.15, 0.2) is 0 Å². The van der Waals surface area contributed by atoms with Crippen molar-refractivity contribution in [2.75, 3.05) is 25.5 Å². The van der Waals surface area contributed by atoms with Crippen molar-refractivity contribution in [1.82, 2.24) is 5.32 Å². The topological polar surface area (TPSA) is 47.6 Å². The van der Waals surface area contributed by atoms with Crippen molar-refractivity contribution in [2.45, 2.75) is 30.9 Å². The molecular formula is C22H26FNO3S. The molecule has 0 spiro atoms. The molecule has 28 heavy (non-hydrogen) atoms. The number of thioether (sulfide) groups is 1. The summed E-state index contributed by atoms with van der Waals surface area (Å²) in [5.74, 6) is 1.98. The maximum Gasteiger partial charge on any atom is 0.220 e. The van der Waals surface area contributed by atoms with E-state index in [0.29, 0.717) is 36.1 Å². The Morgan fingerprint density at radius 3 is 2.71 bits per heavy atom. The third-order valence-electron chi connectivity index (χ3n) is 4.53. The third-order valence-corrected chi connectivity index (χ3v) is 5.92. The number of nitrogens with one attached hydrogen (secondary N) is 1. The lowest BCUT2D eigenvalue weighted by Gasteiger charge is -2.21. The summed E-state index contributed by atoms with van der Waals surface area (Å²) in [5.41, 5.74) is 1.03. The molecule has 6 heteroatoms. The Labute approximate surface area is 169 Å². The largest absolute Gasteiger partial charge is 0.457 e. The van der Waals surface area contributed by atoms with Crippen LogP contribution >= 0.6 is 11.8 Å². The van der Waals surface area contributed by atoms with Crippen molar-refractivity contribution >= 4 is 17.7 Å². The van der Waals surface area contributed by atoms with Gasteiger partial charge in [0, 0.05) is 37.2 Å². The molecule has 0 aliphatic carbocycles. The summed E-state index contributed by atoms with van der Waals surface area (Å²) in [5, 5.41) is 3.66. The minimum absolute atomic E-state index is 0.0671. The molecule has 1 aliphatic heterocycles. The van der Waals surface area contributed by atoms with E-state index < -0.39 is 0 Å². The molecule has 1 heterocycles. The molecule has 2 aromatic rings. The fourth-order valence-corrected chi connectivity index (χ4v) is 4.09. The molecule has 1 saturated heterocycles. The molecule has 0 radical (unpaired) electrons. The van der Waals surface area contributed by atoms with Crippen LogP contribution in [-0.4, -0.2) is 36.7 Å². The monoisotopic (exact) mass is 403 g/mol. The second-order valence-electron chi connectivity index (χ2n) is 6.74. The van der Waals surface area contributed by atoms with Gasteiger partial charge < -0.3 is 14.8 Å². The fourth-order valence-electron chi connectivity index (χ4n) is 3.01. The van der Waals surface area contributed by atoms with Crippen LogP contribution in [0.5, 0.6) is 11.5 Å². The molecular weight excluding hydrogens is 377 g/mol. The minimum atomic E-state index is -0.293. The predicted octanol–water partition coefficient (Wildman–Crippen LogP) is 4.58. The Bertz CT molecular complexity index is 748. The number of benzene rings is 2. The number of aryl methyl sites for hydroxylation is 1. The SMILES string of the molecule is O=C(CCc1cccc(Oc2ccc(F)cc2)c1)NCCSC1CCOCC1. The lowest BCUT2D eigenvalue weighted by Crippen LogP contribution is -2.27. The van der Waals surface area contributed by atoms with Crippen LogP contribution in [0, 0.1) is 5.82 Å². The van der Waals surface area contributed by atoms with Crippen LogP contribution in [0.1, 0.15) is 24.8 Å². The van der Waals surface area contributed by atoms with Crippen molar-refractivity contribution in [3.05, 3.63) is 59.9 Å². The summed E-state index contributed by atoms with van der Waals surface area (Å²) in [6, 6.07) is 13.6. The highest BCUT2D eigenvalue weighted by Crippen LogP contribution is 2.23. The highest BCUT2D eigenvalue weighted by Gasteiger charge is 2.13. The summed E-state index contributed by atoms with van der Waals surface area (Å²) in [6.07, 6.45) is 3.31. The maximum atomic E-state index is 13.0. The molecule has 0 aromatic heterocycles. The molecule has 0 unspecified atom stereocenters. The molecule has 0 atom stereocenters. The smallest absolute Gasteiger partial charge is 0.220 e. The van der Waals surface area contributed by atoms with Crippen LogP contribution in [0.4, 0.5) is 4.39 Å². The molecule has 1 fully saturated rings. The zero-order valence-electron chi connectivity index (χ0n) is 15.9. The van der Waals surface area contributed by atoms with Gasteiger partial charge in [0.25, 0.3) is 0 Å². The Kier molecular flexibility index (Phi) is 8.18. The highest BCUT2D eigenvalue weighted by atomic mass is 32.2. The predicted molar refractivity (Wildman–Crippen MR) is 111 cm³/mol. The second-order valence-corrected chi connectivity index (χ2v) is 8.14. The first-order valence-electron chi connectivity index (χ1n) is 9.67.